The zero-order chi connectivity index (χ0) is 25.0. The first-order valence-corrected chi connectivity index (χ1v) is 12.6. The van der Waals surface area contributed by atoms with Crippen molar-refractivity contribution in [1.82, 2.24) is 19.7 Å². The summed E-state index contributed by atoms with van der Waals surface area (Å²) in [7, 11) is 1.57. The predicted molar refractivity (Wildman–Crippen MR) is 135 cm³/mol. The lowest BCUT2D eigenvalue weighted by atomic mass is 9.94. The smallest absolute Gasteiger partial charge is 0.261 e. The SMILES string of the molecule is CN(C)C(=O)C1(c2cc(-c3ccc(NS(=O)(=O)c4ccccc4)cc3)c3c(N)nn(C)c3n2)CC1. The minimum Gasteiger partial charge on any atom is -0.382 e. The molecule has 0 saturated heterocycles. The molecule has 1 amide bonds. The number of aryl methyl sites for hydroxylation is 1. The highest BCUT2D eigenvalue weighted by atomic mass is 32.2. The molecule has 3 N–H and O–H groups in total. The van der Waals surface area contributed by atoms with Gasteiger partial charge in [-0.1, -0.05) is 30.3 Å². The molecule has 5 rings (SSSR count). The van der Waals surface area contributed by atoms with E-state index < -0.39 is 15.4 Å². The second-order valence-corrected chi connectivity index (χ2v) is 10.7. The fraction of sp³-hybridized carbons (Fsp3) is 0.240. The van der Waals surface area contributed by atoms with Crippen molar-refractivity contribution >= 4 is 38.5 Å². The van der Waals surface area contributed by atoms with E-state index in [0.29, 0.717) is 28.2 Å². The third-order valence-electron chi connectivity index (χ3n) is 6.38. The second-order valence-electron chi connectivity index (χ2n) is 9.04. The number of carbonyl (C=O) groups is 1. The van der Waals surface area contributed by atoms with Gasteiger partial charge < -0.3 is 10.6 Å². The van der Waals surface area contributed by atoms with Gasteiger partial charge in [-0.25, -0.2) is 18.1 Å². The summed E-state index contributed by atoms with van der Waals surface area (Å²) in [5.41, 5.74) is 8.93. The third kappa shape index (κ3) is 3.89. The van der Waals surface area contributed by atoms with Crippen LogP contribution in [0.5, 0.6) is 0 Å². The van der Waals surface area contributed by atoms with E-state index in [1.165, 1.54) is 0 Å². The fourth-order valence-corrected chi connectivity index (χ4v) is 5.49. The molecular formula is C25H26N6O3S. The van der Waals surface area contributed by atoms with Gasteiger partial charge in [0.1, 0.15) is 0 Å². The Balaban J connectivity index is 1.56. The predicted octanol–water partition coefficient (Wildman–Crippen LogP) is 3.14. The summed E-state index contributed by atoms with van der Waals surface area (Å²) < 4.78 is 29.6. The van der Waals surface area contributed by atoms with Crippen LogP contribution < -0.4 is 10.5 Å². The number of benzene rings is 2. The van der Waals surface area contributed by atoms with Crippen LogP contribution in [-0.2, 0) is 27.3 Å². The number of fused-ring (bicyclic) bond motifs is 1. The molecule has 9 nitrogen and oxygen atoms in total. The largest absolute Gasteiger partial charge is 0.382 e. The van der Waals surface area contributed by atoms with E-state index in [1.807, 2.05) is 18.2 Å². The van der Waals surface area contributed by atoms with Crippen molar-refractivity contribution in [2.45, 2.75) is 23.2 Å². The quantitative estimate of drug-likeness (QED) is 0.428. The molecule has 4 aromatic rings. The average Bonchev–Trinajstić information content (AvgIpc) is 3.60. The molecule has 0 spiro atoms. The van der Waals surface area contributed by atoms with E-state index in [1.54, 1.807) is 73.2 Å². The Kier molecular flexibility index (Phi) is 5.28. The van der Waals surface area contributed by atoms with Gasteiger partial charge in [0.25, 0.3) is 10.0 Å². The molecule has 0 bridgehead atoms. The summed E-state index contributed by atoms with van der Waals surface area (Å²) >= 11 is 0. The van der Waals surface area contributed by atoms with Crippen LogP contribution >= 0.6 is 0 Å². The van der Waals surface area contributed by atoms with Crippen LogP contribution in [0, 0.1) is 0 Å². The summed E-state index contributed by atoms with van der Waals surface area (Å²) in [4.78, 5) is 19.6. The van der Waals surface area contributed by atoms with Crippen LogP contribution in [-0.4, -0.2) is 48.1 Å². The Morgan fingerprint density at radius 1 is 1.09 bits per heavy atom. The number of nitrogen functional groups attached to an aromatic ring is 1. The second kappa shape index (κ2) is 8.09. The van der Waals surface area contributed by atoms with Crippen LogP contribution in [0.4, 0.5) is 11.5 Å². The minimum absolute atomic E-state index is 0.0242. The van der Waals surface area contributed by atoms with E-state index in [2.05, 4.69) is 9.82 Å². The van der Waals surface area contributed by atoms with Crippen molar-refractivity contribution in [3.63, 3.8) is 0 Å². The van der Waals surface area contributed by atoms with E-state index in [-0.39, 0.29) is 10.8 Å². The van der Waals surface area contributed by atoms with Gasteiger partial charge in [0, 0.05) is 26.8 Å². The Labute approximate surface area is 203 Å². The van der Waals surface area contributed by atoms with E-state index in [4.69, 9.17) is 10.7 Å². The van der Waals surface area contributed by atoms with Crippen molar-refractivity contribution < 1.29 is 13.2 Å². The highest BCUT2D eigenvalue weighted by Crippen LogP contribution is 2.50. The van der Waals surface area contributed by atoms with Crippen LogP contribution in [0.15, 0.2) is 65.6 Å². The van der Waals surface area contributed by atoms with E-state index in [0.717, 1.165) is 24.0 Å². The maximum atomic E-state index is 13.0. The number of anilines is 2. The Morgan fingerprint density at radius 2 is 1.74 bits per heavy atom. The number of hydrogen-bond donors (Lipinski definition) is 2. The van der Waals surface area contributed by atoms with Gasteiger partial charge in [-0.3, -0.25) is 9.52 Å². The lowest BCUT2D eigenvalue weighted by molar-refractivity contribution is -0.131. The van der Waals surface area contributed by atoms with Crippen LogP contribution in [0.1, 0.15) is 18.5 Å². The minimum atomic E-state index is -3.70. The van der Waals surface area contributed by atoms with Gasteiger partial charge in [-0.05, 0) is 54.3 Å². The third-order valence-corrected chi connectivity index (χ3v) is 7.78. The van der Waals surface area contributed by atoms with Crippen molar-refractivity contribution in [2.24, 2.45) is 7.05 Å². The van der Waals surface area contributed by atoms with Gasteiger partial charge in [0.2, 0.25) is 5.91 Å². The molecular weight excluding hydrogens is 464 g/mol. The van der Waals surface area contributed by atoms with Crippen molar-refractivity contribution in [3.8, 4) is 11.1 Å². The molecule has 2 aromatic carbocycles. The van der Waals surface area contributed by atoms with Gasteiger partial charge in [0.05, 0.1) is 21.4 Å². The average molecular weight is 491 g/mol. The fourth-order valence-electron chi connectivity index (χ4n) is 4.41. The number of likely N-dealkylation sites (N-methyl/N-ethyl adjacent to an activating group) is 1. The number of carbonyl (C=O) groups excluding carboxylic acids is 1. The van der Waals surface area contributed by atoms with E-state index >= 15 is 0 Å². The summed E-state index contributed by atoms with van der Waals surface area (Å²) in [6, 6.07) is 17.2. The normalized spacial score (nSPS) is 14.6. The zero-order valence-electron chi connectivity index (χ0n) is 19.7. The number of rotatable bonds is 6. The number of amides is 1. The lowest BCUT2D eigenvalue weighted by Crippen LogP contribution is -2.34. The van der Waals surface area contributed by atoms with Crippen molar-refractivity contribution in [3.05, 3.63) is 66.4 Å². The molecule has 1 fully saturated rings. The molecule has 0 unspecified atom stereocenters. The van der Waals surface area contributed by atoms with Crippen molar-refractivity contribution in [1.29, 1.82) is 0 Å². The molecule has 2 aromatic heterocycles. The maximum Gasteiger partial charge on any atom is 0.261 e. The molecule has 1 saturated carbocycles. The number of sulfonamides is 1. The highest BCUT2D eigenvalue weighted by Gasteiger charge is 2.53. The zero-order valence-corrected chi connectivity index (χ0v) is 20.5. The standard InChI is InChI=1S/C25H26N6O3S/c1-30(2)24(32)25(13-14-25)20-15-19(21-22(26)28-31(3)23(21)27-20)16-9-11-17(12-10-16)29-35(33,34)18-7-5-4-6-8-18/h4-12,15,29H,13-14H2,1-3H3,(H2,26,28). The number of aromatic nitrogens is 3. The molecule has 0 radical (unpaired) electrons. The molecule has 0 aliphatic heterocycles. The molecule has 35 heavy (non-hydrogen) atoms. The Morgan fingerprint density at radius 3 is 2.34 bits per heavy atom. The number of hydrogen-bond acceptors (Lipinski definition) is 6. The Hall–Kier alpha value is -3.92. The van der Waals surface area contributed by atoms with Gasteiger partial charge in [0.15, 0.2) is 11.5 Å². The molecule has 1 aliphatic carbocycles. The molecule has 1 aliphatic rings. The molecule has 0 atom stereocenters. The number of nitrogens with two attached hydrogens (primary N) is 1. The highest BCUT2D eigenvalue weighted by molar-refractivity contribution is 7.92. The lowest BCUT2D eigenvalue weighted by Gasteiger charge is -2.20. The van der Waals surface area contributed by atoms with Crippen LogP contribution in [0.3, 0.4) is 0 Å². The maximum absolute atomic E-state index is 13.0. The van der Waals surface area contributed by atoms with Crippen LogP contribution in [0.2, 0.25) is 0 Å². The first-order chi connectivity index (χ1) is 16.6. The molecule has 10 heteroatoms. The number of nitrogens with zero attached hydrogens (tertiary/aromatic N) is 4. The Bertz CT molecular complexity index is 1540. The van der Waals surface area contributed by atoms with Gasteiger partial charge >= 0.3 is 0 Å². The summed E-state index contributed by atoms with van der Waals surface area (Å²) in [5.74, 6) is 0.366. The van der Waals surface area contributed by atoms with E-state index in [9.17, 15) is 13.2 Å². The van der Waals surface area contributed by atoms with Crippen LogP contribution in [0.25, 0.3) is 22.2 Å². The summed E-state index contributed by atoms with van der Waals surface area (Å²) in [6.07, 6.45) is 1.46. The molecule has 180 valence electrons. The van der Waals surface area contributed by atoms with Gasteiger partial charge in [-0.2, -0.15) is 5.10 Å². The monoisotopic (exact) mass is 490 g/mol. The van der Waals surface area contributed by atoms with Gasteiger partial charge in [-0.15, -0.1) is 0 Å². The number of pyridine rings is 1. The molecule has 2 heterocycles. The summed E-state index contributed by atoms with van der Waals surface area (Å²) in [6.45, 7) is 0. The topological polar surface area (TPSA) is 123 Å². The van der Waals surface area contributed by atoms with Crippen molar-refractivity contribution in [2.75, 3.05) is 24.6 Å². The number of nitrogens with one attached hydrogen (secondary N) is 1. The summed E-state index contributed by atoms with van der Waals surface area (Å²) in [5, 5.41) is 5.04. The first kappa shape index (κ1) is 22.9. The first-order valence-electron chi connectivity index (χ1n) is 11.2.